The quantitative estimate of drug-likeness (QED) is 0.319. The zero-order chi connectivity index (χ0) is 9.78. The van der Waals surface area contributed by atoms with E-state index in [9.17, 15) is 25.5 Å². The van der Waals surface area contributed by atoms with Crippen LogP contribution in [-0.2, 0) is 13.0 Å². The second kappa shape index (κ2) is 5.07. The van der Waals surface area contributed by atoms with Crippen molar-refractivity contribution in [3.8, 4) is 0 Å². The molecule has 0 amide bonds. The van der Waals surface area contributed by atoms with Gasteiger partial charge >= 0.3 is 27.0 Å². The largest absolute Gasteiger partial charge is 0.569 e. The maximum atomic E-state index is 12.1. The summed E-state index contributed by atoms with van der Waals surface area (Å²) < 4.78 is 74.1. The van der Waals surface area contributed by atoms with E-state index in [1.807, 2.05) is 0 Å². The smallest absolute Gasteiger partial charge is 0.295 e. The van der Waals surface area contributed by atoms with Gasteiger partial charge in [-0.1, -0.05) is 0 Å². The van der Waals surface area contributed by atoms with Gasteiger partial charge in [-0.25, -0.2) is 17.2 Å². The summed E-state index contributed by atoms with van der Waals surface area (Å²) in [7, 11) is -14.6. The summed E-state index contributed by atoms with van der Waals surface area (Å²) in [4.78, 5) is 0. The Kier molecular flexibility index (Phi) is 5.17. The van der Waals surface area contributed by atoms with Gasteiger partial charge in [-0.2, -0.15) is 0 Å². The molecule has 0 bridgehead atoms. The fraction of sp³-hybridized carbons (Fsp3) is 1.00. The molecule has 0 saturated heterocycles. The average Bonchev–Trinajstić information content (AvgIpc) is 1.83. The first-order valence-corrected chi connectivity index (χ1v) is 7.02. The predicted molar refractivity (Wildman–Crippen MR) is 34.5 cm³/mol. The van der Waals surface area contributed by atoms with Crippen molar-refractivity contribution in [2.75, 3.05) is 6.30 Å². The standard InChI is InChI=1S/CH4F5O3PSi2/c2-1-11(4)8-10(3,7)9-12(5)6/h11-12H,1H2. The van der Waals surface area contributed by atoms with Crippen molar-refractivity contribution in [1.29, 1.82) is 0 Å². The molecule has 3 nitrogen and oxygen atoms in total. The summed E-state index contributed by atoms with van der Waals surface area (Å²) in [6.45, 7) is 0. The van der Waals surface area contributed by atoms with Gasteiger partial charge in [0.1, 0.15) is 6.30 Å². The summed E-state index contributed by atoms with van der Waals surface area (Å²) in [6, 6.07) is 0. The molecule has 0 fully saturated rings. The van der Waals surface area contributed by atoms with Crippen LogP contribution in [0, 0.1) is 0 Å². The Morgan fingerprint density at radius 3 is 2.08 bits per heavy atom. The lowest BCUT2D eigenvalue weighted by molar-refractivity contribution is 0.294. The van der Waals surface area contributed by atoms with Gasteiger partial charge in [-0.3, -0.25) is 12.5 Å². The van der Waals surface area contributed by atoms with E-state index < -0.39 is 33.3 Å². The zero-order valence-electron chi connectivity index (χ0n) is 5.42. The molecular weight excluding hydrogens is 242 g/mol. The number of alkyl halides is 1. The highest BCUT2D eigenvalue weighted by Crippen LogP contribution is 2.51. The summed E-state index contributed by atoms with van der Waals surface area (Å²) in [5.74, 6) is 0. The fourth-order valence-corrected chi connectivity index (χ4v) is 3.01. The van der Waals surface area contributed by atoms with Crippen LogP contribution in [-0.4, -0.2) is 25.4 Å². The van der Waals surface area contributed by atoms with Crippen LogP contribution in [0.25, 0.3) is 0 Å². The Morgan fingerprint density at radius 1 is 1.25 bits per heavy atom. The molecule has 12 heavy (non-hydrogen) atoms. The molecule has 0 saturated carbocycles. The number of hydrogen-bond acceptors (Lipinski definition) is 3. The van der Waals surface area contributed by atoms with Gasteiger partial charge in [0.2, 0.25) is 0 Å². The second-order valence-electron chi connectivity index (χ2n) is 1.47. The van der Waals surface area contributed by atoms with Crippen LogP contribution in [0.4, 0.5) is 20.9 Å². The van der Waals surface area contributed by atoms with Crippen molar-refractivity contribution in [1.82, 2.24) is 0 Å². The minimum atomic E-state index is -5.56. The highest BCUT2D eigenvalue weighted by Gasteiger charge is 2.34. The van der Waals surface area contributed by atoms with Crippen LogP contribution in [0.15, 0.2) is 0 Å². The Bertz CT molecular complexity index is 178. The maximum Gasteiger partial charge on any atom is 0.569 e. The molecule has 0 aliphatic carbocycles. The molecule has 0 aliphatic rings. The molecule has 0 aromatic carbocycles. The lowest BCUT2D eigenvalue weighted by atomic mass is 11.8. The summed E-state index contributed by atoms with van der Waals surface area (Å²) in [6.07, 6.45) is -1.65. The summed E-state index contributed by atoms with van der Waals surface area (Å²) >= 11 is 0. The van der Waals surface area contributed by atoms with Crippen LogP contribution in [0.1, 0.15) is 0 Å². The first-order valence-electron chi connectivity index (χ1n) is 2.52. The molecule has 0 aliphatic heterocycles. The molecule has 2 unspecified atom stereocenters. The van der Waals surface area contributed by atoms with E-state index in [2.05, 4.69) is 8.43 Å². The molecule has 0 aromatic heterocycles. The molecule has 2 atom stereocenters. The van der Waals surface area contributed by atoms with Crippen molar-refractivity contribution >= 4 is 27.0 Å². The molecule has 0 N–H and O–H groups in total. The van der Waals surface area contributed by atoms with E-state index in [-0.39, 0.29) is 0 Å². The lowest BCUT2D eigenvalue weighted by Gasteiger charge is -2.08. The molecule has 0 radical (unpaired) electrons. The molecule has 0 aromatic rings. The van der Waals surface area contributed by atoms with E-state index in [1.54, 1.807) is 0 Å². The Balaban J connectivity index is 3.95. The van der Waals surface area contributed by atoms with Gasteiger partial charge in [0.05, 0.1) is 0 Å². The van der Waals surface area contributed by atoms with Crippen molar-refractivity contribution in [2.45, 2.75) is 0 Å². The zero-order valence-corrected chi connectivity index (χ0v) is 8.63. The number of halogens is 5. The van der Waals surface area contributed by atoms with E-state index in [0.29, 0.717) is 0 Å². The maximum absolute atomic E-state index is 12.1. The Hall–Kier alpha value is 0.234. The van der Waals surface area contributed by atoms with Gasteiger partial charge < -0.3 is 0 Å². The van der Waals surface area contributed by atoms with E-state index in [4.69, 9.17) is 0 Å². The predicted octanol–water partition coefficient (Wildman–Crippen LogP) is 1.45. The van der Waals surface area contributed by atoms with Crippen LogP contribution < -0.4 is 0 Å². The van der Waals surface area contributed by atoms with Crippen molar-refractivity contribution in [2.24, 2.45) is 0 Å². The lowest BCUT2D eigenvalue weighted by Crippen LogP contribution is -2.14. The fourth-order valence-electron chi connectivity index (χ4n) is 0.285. The van der Waals surface area contributed by atoms with Crippen LogP contribution in [0.2, 0.25) is 0 Å². The monoisotopic (exact) mass is 246 g/mol. The normalized spacial score (nSPS) is 19.2. The molecule has 0 rings (SSSR count). The summed E-state index contributed by atoms with van der Waals surface area (Å²) in [5.41, 5.74) is 0. The van der Waals surface area contributed by atoms with E-state index in [0.717, 1.165) is 0 Å². The summed E-state index contributed by atoms with van der Waals surface area (Å²) in [5, 5.41) is 0. The number of rotatable bonds is 5. The SMILES string of the molecule is O=P(F)(O[SiH](F)F)O[SiH](F)CF. The molecule has 0 spiro atoms. The second-order valence-corrected chi connectivity index (χ2v) is 5.66. The first-order chi connectivity index (χ1) is 5.37. The van der Waals surface area contributed by atoms with Gasteiger partial charge in [0.25, 0.3) is 0 Å². The molecule has 11 heteroatoms. The third kappa shape index (κ3) is 5.83. The molecular formula is CH4F5O3PSi2. The molecule has 74 valence electrons. The highest BCUT2D eigenvalue weighted by atomic mass is 31.2. The average molecular weight is 246 g/mol. The van der Waals surface area contributed by atoms with Crippen molar-refractivity contribution in [3.63, 3.8) is 0 Å². The number of hydrogen-bond donors (Lipinski definition) is 0. The van der Waals surface area contributed by atoms with Gasteiger partial charge in [-0.15, -0.1) is 4.20 Å². The third-order valence-corrected chi connectivity index (χ3v) is 4.38. The minimum Gasteiger partial charge on any atom is -0.295 e. The van der Waals surface area contributed by atoms with Gasteiger partial charge in [0, 0.05) is 0 Å². The topological polar surface area (TPSA) is 35.5 Å². The van der Waals surface area contributed by atoms with Crippen LogP contribution in [0.5, 0.6) is 0 Å². The first kappa shape index (κ1) is 12.2. The third-order valence-electron chi connectivity index (χ3n) is 0.567. The molecule has 0 heterocycles. The van der Waals surface area contributed by atoms with Gasteiger partial charge in [0.15, 0.2) is 0 Å². The van der Waals surface area contributed by atoms with Gasteiger partial charge in [-0.05, 0) is 0 Å². The van der Waals surface area contributed by atoms with Crippen molar-refractivity contribution < 1.29 is 33.9 Å². The highest BCUT2D eigenvalue weighted by molar-refractivity contribution is 7.50. The Labute approximate surface area is 68.1 Å². The van der Waals surface area contributed by atoms with E-state index in [1.165, 1.54) is 0 Å². The van der Waals surface area contributed by atoms with E-state index >= 15 is 0 Å². The van der Waals surface area contributed by atoms with Crippen LogP contribution in [0.3, 0.4) is 0 Å². The van der Waals surface area contributed by atoms with Crippen molar-refractivity contribution in [3.05, 3.63) is 0 Å². The minimum absolute atomic E-state index is 1.65. The van der Waals surface area contributed by atoms with Crippen LogP contribution >= 0.6 is 7.91 Å². The Morgan fingerprint density at radius 2 is 1.75 bits per heavy atom.